The average molecular weight is 762 g/mol. The molecular formula is C39H39ClF3N7O4. The van der Waals surface area contributed by atoms with Gasteiger partial charge < -0.3 is 20.1 Å². The molecule has 0 radical (unpaired) electrons. The van der Waals surface area contributed by atoms with Crippen molar-refractivity contribution in [3.8, 4) is 28.3 Å². The summed E-state index contributed by atoms with van der Waals surface area (Å²) in [5.74, 6) is 0.204. The number of hydrogen-bond acceptors (Lipinski definition) is 9. The lowest BCUT2D eigenvalue weighted by Crippen LogP contribution is -2.70. The number of methoxy groups -OCH3 is 1. The molecule has 2 aromatic carbocycles. The molecule has 1 amide bonds. The number of ether oxygens (including phenoxy) is 2. The van der Waals surface area contributed by atoms with E-state index in [1.54, 1.807) is 19.2 Å². The van der Waals surface area contributed by atoms with E-state index in [4.69, 9.17) is 26.1 Å². The van der Waals surface area contributed by atoms with Crippen molar-refractivity contribution in [1.29, 1.82) is 0 Å². The third-order valence-electron chi connectivity index (χ3n) is 10.2. The minimum atomic E-state index is -4.74. The first-order chi connectivity index (χ1) is 25.9. The molecule has 2 N–H and O–H groups in total. The van der Waals surface area contributed by atoms with Crippen LogP contribution in [-0.4, -0.2) is 69.5 Å². The number of likely N-dealkylation sites (tertiary alicyclic amines) is 1. The van der Waals surface area contributed by atoms with Crippen LogP contribution in [0, 0.1) is 6.92 Å². The summed E-state index contributed by atoms with van der Waals surface area (Å²) in [6.45, 7) is 7.81. The number of alkyl halides is 3. The number of amides is 1. The molecule has 1 aliphatic carbocycles. The van der Waals surface area contributed by atoms with Crippen LogP contribution in [0.2, 0.25) is 5.02 Å². The Kier molecular flexibility index (Phi) is 9.88. The summed E-state index contributed by atoms with van der Waals surface area (Å²) in [5, 5.41) is 10.3. The molecule has 11 nitrogen and oxygen atoms in total. The topological polar surface area (TPSA) is 124 Å². The lowest BCUT2D eigenvalue weighted by atomic mass is 9.89. The first kappa shape index (κ1) is 37.3. The number of nitrogens with zero attached hydrogens (tertiary/aromatic N) is 5. The Morgan fingerprint density at radius 3 is 2.48 bits per heavy atom. The van der Waals surface area contributed by atoms with Gasteiger partial charge in [0.05, 0.1) is 29.4 Å². The predicted molar refractivity (Wildman–Crippen MR) is 200 cm³/mol. The third kappa shape index (κ3) is 6.56. The quantitative estimate of drug-likeness (QED) is 0.188. The van der Waals surface area contributed by atoms with E-state index in [1.165, 1.54) is 13.2 Å². The zero-order chi connectivity index (χ0) is 38.5. The van der Waals surface area contributed by atoms with Gasteiger partial charge >= 0.3 is 6.18 Å². The molecule has 2 fully saturated rings. The summed E-state index contributed by atoms with van der Waals surface area (Å²) < 4.78 is 54.3. The molecule has 0 saturated carbocycles. The molecule has 2 aliphatic heterocycles. The normalized spacial score (nSPS) is 17.7. The minimum Gasteiger partial charge on any atom is -0.481 e. The standard InChI is InChI=1S/C37H33ClF3N7O4.C2H6/c1-19-22(6-5-9-25(19)44-33-31-21(14-43-47(2)35(31)50)13-28(46-33)37(39,40)41)23-7-4-8-24(32(23)38)26-12-20-10-11-27(30(20)34(45-26)51-3)48-17-36(18-48)16-42-29(49)15-52-36;1-2/h4-9,12-14,27H,10-11,15-18H2,1-3H3,(H,42,49)(H,44,46);1-2H3. The second-order valence-corrected chi connectivity index (χ2v) is 13.8. The van der Waals surface area contributed by atoms with Crippen molar-refractivity contribution in [2.75, 3.05) is 38.7 Å². The minimum absolute atomic E-state index is 0.0152. The highest BCUT2D eigenvalue weighted by molar-refractivity contribution is 6.36. The van der Waals surface area contributed by atoms with Gasteiger partial charge in [-0.2, -0.15) is 18.3 Å². The first-order valence-corrected chi connectivity index (χ1v) is 18.1. The van der Waals surface area contributed by atoms with Gasteiger partial charge in [-0.3, -0.25) is 14.5 Å². The summed E-state index contributed by atoms with van der Waals surface area (Å²) >= 11 is 7.16. The molecule has 3 aromatic heterocycles. The number of fused-ring (bicyclic) bond motifs is 2. The van der Waals surface area contributed by atoms with Crippen LogP contribution in [0.15, 0.2) is 59.5 Å². The second-order valence-electron chi connectivity index (χ2n) is 13.5. The molecule has 2 saturated heterocycles. The Bertz CT molecular complexity index is 2330. The van der Waals surface area contributed by atoms with Crippen LogP contribution >= 0.6 is 11.6 Å². The number of hydrogen-bond donors (Lipinski definition) is 2. The number of carbonyl (C=O) groups excluding carboxylic acids is 1. The molecule has 15 heteroatoms. The predicted octanol–water partition coefficient (Wildman–Crippen LogP) is 7.00. The molecule has 8 rings (SSSR count). The summed E-state index contributed by atoms with van der Waals surface area (Å²) in [7, 11) is 3.03. The smallest absolute Gasteiger partial charge is 0.433 e. The van der Waals surface area contributed by atoms with Crippen molar-refractivity contribution in [1.82, 2.24) is 30.0 Å². The van der Waals surface area contributed by atoms with Gasteiger partial charge in [0.2, 0.25) is 11.8 Å². The lowest BCUT2D eigenvalue weighted by Gasteiger charge is -2.53. The molecular weight excluding hydrogens is 723 g/mol. The highest BCUT2D eigenvalue weighted by Gasteiger charge is 2.50. The van der Waals surface area contributed by atoms with Crippen LogP contribution in [0.3, 0.4) is 0 Å². The van der Waals surface area contributed by atoms with Gasteiger partial charge in [-0.05, 0) is 54.7 Å². The Morgan fingerprint density at radius 2 is 1.78 bits per heavy atom. The summed E-state index contributed by atoms with van der Waals surface area (Å²) in [5.41, 5.74) is 3.96. The Balaban J connectivity index is 0.00000221. The van der Waals surface area contributed by atoms with Gasteiger partial charge in [0.15, 0.2) is 0 Å². The molecule has 5 aromatic rings. The fourth-order valence-corrected chi connectivity index (χ4v) is 7.88. The Morgan fingerprint density at radius 1 is 1.06 bits per heavy atom. The van der Waals surface area contributed by atoms with Gasteiger partial charge in [0.1, 0.15) is 23.7 Å². The van der Waals surface area contributed by atoms with E-state index in [2.05, 4.69) is 31.7 Å². The van der Waals surface area contributed by atoms with Gasteiger partial charge in [-0.25, -0.2) is 14.6 Å². The van der Waals surface area contributed by atoms with Crippen LogP contribution in [0.4, 0.5) is 24.7 Å². The number of aromatic nitrogens is 4. The average Bonchev–Trinajstić information content (AvgIpc) is 3.57. The maximum atomic E-state index is 13.8. The number of benzene rings is 2. The molecule has 1 unspecified atom stereocenters. The van der Waals surface area contributed by atoms with Crippen LogP contribution in [0.1, 0.15) is 48.7 Å². The van der Waals surface area contributed by atoms with Gasteiger partial charge in [0, 0.05) is 60.5 Å². The Hall–Kier alpha value is -5.05. The van der Waals surface area contributed by atoms with E-state index >= 15 is 0 Å². The van der Waals surface area contributed by atoms with Crippen molar-refractivity contribution in [2.24, 2.45) is 7.05 Å². The number of carbonyl (C=O) groups is 1. The molecule has 0 bridgehead atoms. The largest absolute Gasteiger partial charge is 0.481 e. The summed E-state index contributed by atoms with van der Waals surface area (Å²) in [4.78, 5) is 35.8. The first-order valence-electron chi connectivity index (χ1n) is 17.7. The monoisotopic (exact) mass is 761 g/mol. The van der Waals surface area contributed by atoms with E-state index in [-0.39, 0.29) is 40.7 Å². The molecule has 3 aliphatic rings. The van der Waals surface area contributed by atoms with Gasteiger partial charge in [-0.15, -0.1) is 0 Å². The van der Waals surface area contributed by atoms with E-state index in [0.717, 1.165) is 40.3 Å². The number of anilines is 2. The Labute approximate surface area is 314 Å². The number of halogens is 4. The van der Waals surface area contributed by atoms with Gasteiger partial charge in [-0.1, -0.05) is 55.8 Å². The zero-order valence-corrected chi connectivity index (χ0v) is 31.2. The van der Waals surface area contributed by atoms with Crippen molar-refractivity contribution < 1.29 is 27.4 Å². The van der Waals surface area contributed by atoms with E-state index < -0.39 is 17.4 Å². The molecule has 1 atom stereocenters. The van der Waals surface area contributed by atoms with Crippen LogP contribution in [0.25, 0.3) is 33.2 Å². The van der Waals surface area contributed by atoms with E-state index in [1.807, 2.05) is 45.0 Å². The van der Waals surface area contributed by atoms with Crippen molar-refractivity contribution in [3.05, 3.63) is 92.5 Å². The van der Waals surface area contributed by atoms with Gasteiger partial charge in [0.25, 0.3) is 5.56 Å². The number of rotatable bonds is 6. The highest BCUT2D eigenvalue weighted by Crippen LogP contribution is 2.47. The SMILES string of the molecule is CC.COc1nc(-c2cccc(-c3cccc(Nc4nc(C(F)(F)F)cc5cnn(C)c(=O)c45)c3C)c2Cl)cc2c1C(N1CC3(CNC(=O)CO3)C1)CC2. The van der Waals surface area contributed by atoms with Crippen molar-refractivity contribution in [3.63, 3.8) is 0 Å². The molecule has 1 spiro atoms. The highest BCUT2D eigenvalue weighted by atomic mass is 35.5. The molecule has 282 valence electrons. The second kappa shape index (κ2) is 14.3. The van der Waals surface area contributed by atoms with E-state index in [9.17, 15) is 22.8 Å². The number of nitrogens with one attached hydrogen (secondary N) is 2. The lowest BCUT2D eigenvalue weighted by molar-refractivity contribution is -0.179. The van der Waals surface area contributed by atoms with E-state index in [0.29, 0.717) is 58.6 Å². The summed E-state index contributed by atoms with van der Waals surface area (Å²) in [6.07, 6.45) is -1.81. The van der Waals surface area contributed by atoms with Crippen molar-refractivity contribution >= 4 is 39.8 Å². The maximum absolute atomic E-state index is 13.8. The maximum Gasteiger partial charge on any atom is 0.433 e. The zero-order valence-electron chi connectivity index (χ0n) is 30.4. The van der Waals surface area contributed by atoms with Crippen molar-refractivity contribution in [2.45, 2.75) is 51.4 Å². The molecule has 54 heavy (non-hydrogen) atoms. The third-order valence-corrected chi connectivity index (χ3v) is 10.6. The number of aryl methyl sites for hydroxylation is 2. The number of morpholine rings is 1. The van der Waals surface area contributed by atoms with Crippen LogP contribution < -0.4 is 20.9 Å². The molecule has 5 heterocycles. The fourth-order valence-electron chi connectivity index (χ4n) is 7.56. The number of pyridine rings is 2. The van der Waals surface area contributed by atoms with Crippen LogP contribution in [-0.2, 0) is 29.2 Å². The van der Waals surface area contributed by atoms with Crippen LogP contribution in [0.5, 0.6) is 5.88 Å². The fraction of sp³-hybridized carbons (Fsp3) is 0.359. The summed E-state index contributed by atoms with van der Waals surface area (Å²) in [6, 6.07) is 13.9.